The Bertz CT molecular complexity index is 1340. The highest BCUT2D eigenvalue weighted by Crippen LogP contribution is 2.27. The van der Waals surface area contributed by atoms with Gasteiger partial charge in [-0.05, 0) is 74.2 Å². The largest absolute Gasteiger partial charge is 0.497 e. The van der Waals surface area contributed by atoms with Gasteiger partial charge in [0, 0.05) is 13.1 Å². The second-order valence-electron chi connectivity index (χ2n) is 10.3. The number of hydrogen-bond acceptors (Lipinski definition) is 10. The first-order valence-corrected chi connectivity index (χ1v) is 17.1. The fraction of sp³-hybridized carbons (Fsp3) is 0.500. The van der Waals surface area contributed by atoms with Crippen LogP contribution in [0.3, 0.4) is 0 Å². The van der Waals surface area contributed by atoms with Crippen LogP contribution in [-0.2, 0) is 29.6 Å². The summed E-state index contributed by atoms with van der Waals surface area (Å²) in [7, 11) is -4.62. The van der Waals surface area contributed by atoms with Crippen LogP contribution >= 0.6 is 0 Å². The third kappa shape index (κ3) is 8.46. The highest BCUT2D eigenvalue weighted by Gasteiger charge is 2.37. The molecule has 0 saturated carbocycles. The second kappa shape index (κ2) is 16.2. The molecule has 2 atom stereocenters. The van der Waals surface area contributed by atoms with Gasteiger partial charge in [0.2, 0.25) is 20.0 Å². The molecule has 2 saturated heterocycles. The molecule has 2 amide bonds. The molecule has 2 aromatic rings. The molecule has 244 valence electrons. The van der Waals surface area contributed by atoms with Crippen molar-refractivity contribution in [2.75, 3.05) is 27.3 Å². The molecule has 2 aliphatic heterocycles. The van der Waals surface area contributed by atoms with E-state index >= 15 is 0 Å². The summed E-state index contributed by atoms with van der Waals surface area (Å²) in [6.07, 6.45) is 5.34. The summed E-state index contributed by atoms with van der Waals surface area (Å²) in [6, 6.07) is 10.3. The van der Waals surface area contributed by atoms with Gasteiger partial charge in [-0.1, -0.05) is 25.7 Å². The quantitative estimate of drug-likeness (QED) is 0.242. The normalized spacial score (nSPS) is 20.2. The van der Waals surface area contributed by atoms with E-state index in [0.717, 1.165) is 25.7 Å². The smallest absolute Gasteiger partial charge is 0.261 e. The van der Waals surface area contributed by atoms with E-state index in [2.05, 4.69) is 0 Å². The average Bonchev–Trinajstić information content (AvgIpc) is 3.47. The van der Waals surface area contributed by atoms with Gasteiger partial charge in [-0.25, -0.2) is 27.8 Å². The van der Waals surface area contributed by atoms with Crippen molar-refractivity contribution >= 4 is 31.9 Å². The van der Waals surface area contributed by atoms with Crippen LogP contribution < -0.4 is 20.4 Å². The maximum Gasteiger partial charge on any atom is 0.261 e. The number of hydrogen-bond donors (Lipinski definition) is 4. The summed E-state index contributed by atoms with van der Waals surface area (Å²) >= 11 is 0. The van der Waals surface area contributed by atoms with Crippen LogP contribution in [0.25, 0.3) is 0 Å². The predicted octanol–water partition coefficient (Wildman–Crippen LogP) is 2.27. The van der Waals surface area contributed by atoms with Crippen LogP contribution in [0, 0.1) is 0 Å². The van der Waals surface area contributed by atoms with Crippen LogP contribution in [0.1, 0.15) is 51.4 Å². The lowest BCUT2D eigenvalue weighted by Crippen LogP contribution is -2.48. The van der Waals surface area contributed by atoms with Crippen molar-refractivity contribution in [3.05, 3.63) is 48.5 Å². The lowest BCUT2D eigenvalue weighted by atomic mass is 10.1. The van der Waals surface area contributed by atoms with Crippen LogP contribution in [0.2, 0.25) is 0 Å². The van der Waals surface area contributed by atoms with Crippen molar-refractivity contribution in [3.63, 3.8) is 0 Å². The van der Waals surface area contributed by atoms with E-state index in [1.807, 2.05) is 0 Å². The molecule has 2 aromatic carbocycles. The van der Waals surface area contributed by atoms with E-state index < -0.39 is 43.9 Å². The second-order valence-corrected chi connectivity index (χ2v) is 14.0. The van der Waals surface area contributed by atoms with Gasteiger partial charge in [0.25, 0.3) is 11.8 Å². The SMILES string of the molecule is COc1ccc(S(=O)(=O)N2CCCCCC2C(=O)NO)cc1.COc1ccc(S(=O)(=O)N2CCCCCC2C(=O)NO)cc1. The van der Waals surface area contributed by atoms with E-state index in [-0.39, 0.29) is 22.9 Å². The first kappa shape index (κ1) is 35.2. The van der Waals surface area contributed by atoms with Gasteiger partial charge in [0.1, 0.15) is 23.6 Å². The number of methoxy groups -OCH3 is 2. The fourth-order valence-corrected chi connectivity index (χ4v) is 8.49. The minimum Gasteiger partial charge on any atom is -0.497 e. The highest BCUT2D eigenvalue weighted by molar-refractivity contribution is 7.89. The lowest BCUT2D eigenvalue weighted by Gasteiger charge is -2.27. The number of hydroxylamine groups is 2. The monoisotopic (exact) mass is 656 g/mol. The summed E-state index contributed by atoms with van der Waals surface area (Å²) < 4.78 is 63.6. The number of sulfonamides is 2. The molecule has 44 heavy (non-hydrogen) atoms. The standard InChI is InChI=1S/2C14H20N2O5S/c2*1-21-11-6-8-12(9-7-11)22(19,20)16-10-4-2-3-5-13(16)14(17)15-18/h2*6-9,13,18H,2-5,10H2,1H3,(H,15,17). The zero-order valence-electron chi connectivity index (χ0n) is 24.7. The van der Waals surface area contributed by atoms with Gasteiger partial charge in [0.05, 0.1) is 24.0 Å². The van der Waals surface area contributed by atoms with Gasteiger partial charge < -0.3 is 9.47 Å². The third-order valence-corrected chi connectivity index (χ3v) is 11.4. The van der Waals surface area contributed by atoms with Gasteiger partial charge in [-0.2, -0.15) is 8.61 Å². The van der Waals surface area contributed by atoms with Crippen molar-refractivity contribution in [2.45, 2.75) is 73.2 Å². The van der Waals surface area contributed by atoms with E-state index in [4.69, 9.17) is 19.9 Å². The van der Waals surface area contributed by atoms with Crippen LogP contribution in [0.5, 0.6) is 11.5 Å². The summed E-state index contributed by atoms with van der Waals surface area (Å²) in [5, 5.41) is 17.7. The molecule has 2 unspecified atom stereocenters. The van der Waals surface area contributed by atoms with E-state index in [9.17, 15) is 26.4 Å². The lowest BCUT2D eigenvalue weighted by molar-refractivity contribution is -0.133. The predicted molar refractivity (Wildman–Crippen MR) is 158 cm³/mol. The molecule has 2 fully saturated rings. The van der Waals surface area contributed by atoms with Gasteiger partial charge in [-0.15, -0.1) is 0 Å². The van der Waals surface area contributed by atoms with Gasteiger partial charge in [0.15, 0.2) is 0 Å². The topological polar surface area (TPSA) is 192 Å². The van der Waals surface area contributed by atoms with Crippen molar-refractivity contribution in [3.8, 4) is 11.5 Å². The Balaban J connectivity index is 0.000000240. The molecule has 2 aliphatic rings. The summed E-state index contributed by atoms with van der Waals surface area (Å²) in [5.74, 6) is -0.281. The van der Waals surface area contributed by atoms with E-state index in [1.54, 1.807) is 35.2 Å². The number of amides is 2. The number of nitrogens with zero attached hydrogens (tertiary/aromatic N) is 2. The fourth-order valence-electron chi connectivity index (χ4n) is 5.18. The summed E-state index contributed by atoms with van der Waals surface area (Å²) in [4.78, 5) is 23.8. The molecular weight excluding hydrogens is 616 g/mol. The molecule has 0 aliphatic carbocycles. The van der Waals surface area contributed by atoms with Crippen molar-refractivity contribution in [2.24, 2.45) is 0 Å². The number of rotatable bonds is 8. The van der Waals surface area contributed by atoms with Crippen molar-refractivity contribution in [1.82, 2.24) is 19.6 Å². The van der Waals surface area contributed by atoms with E-state index in [1.165, 1.54) is 47.1 Å². The maximum atomic E-state index is 12.8. The minimum atomic E-state index is -3.81. The number of benzene rings is 2. The van der Waals surface area contributed by atoms with Crippen molar-refractivity contribution < 1.29 is 46.3 Å². The number of nitrogens with one attached hydrogen (secondary N) is 2. The van der Waals surface area contributed by atoms with Crippen molar-refractivity contribution in [1.29, 1.82) is 0 Å². The Labute approximate surface area is 258 Å². The molecular formula is C28H40N4O10S2. The number of ether oxygens (including phenoxy) is 2. The zero-order chi connectivity index (χ0) is 32.3. The van der Waals surface area contributed by atoms with Crippen LogP contribution in [0.4, 0.5) is 0 Å². The Kier molecular flexibility index (Phi) is 12.9. The minimum absolute atomic E-state index is 0.103. The Morgan fingerprint density at radius 2 is 0.977 bits per heavy atom. The highest BCUT2D eigenvalue weighted by atomic mass is 32.2. The Morgan fingerprint density at radius 1 is 0.636 bits per heavy atom. The van der Waals surface area contributed by atoms with Crippen LogP contribution in [0.15, 0.2) is 58.3 Å². The number of carbonyl (C=O) groups is 2. The molecule has 0 aromatic heterocycles. The molecule has 0 bridgehead atoms. The molecule has 0 spiro atoms. The molecule has 0 radical (unpaired) electrons. The Morgan fingerprint density at radius 3 is 1.27 bits per heavy atom. The van der Waals surface area contributed by atoms with Crippen LogP contribution in [-0.4, -0.2) is 87.1 Å². The summed E-state index contributed by atoms with van der Waals surface area (Å²) in [6.45, 7) is 0.513. The first-order chi connectivity index (χ1) is 21.0. The van der Waals surface area contributed by atoms with E-state index in [0.29, 0.717) is 37.2 Å². The van der Waals surface area contributed by atoms with Gasteiger partial charge in [-0.3, -0.25) is 20.0 Å². The summed E-state index contributed by atoms with van der Waals surface area (Å²) in [5.41, 5.74) is 3.14. The zero-order valence-corrected chi connectivity index (χ0v) is 26.3. The maximum absolute atomic E-state index is 12.8. The molecule has 14 nitrogen and oxygen atoms in total. The number of carbonyl (C=O) groups excluding carboxylic acids is 2. The van der Waals surface area contributed by atoms with Gasteiger partial charge >= 0.3 is 0 Å². The third-order valence-electron chi connectivity index (χ3n) is 7.57. The average molecular weight is 657 g/mol. The first-order valence-electron chi connectivity index (χ1n) is 14.2. The Hall–Kier alpha value is -3.28. The molecule has 2 heterocycles. The molecule has 4 rings (SSSR count). The molecule has 16 heteroatoms. The molecule has 4 N–H and O–H groups in total.